The normalized spacial score (nSPS) is 11.6. The zero-order chi connectivity index (χ0) is 16.7. The fraction of sp³-hybridized carbons (Fsp3) is 0.400. The van der Waals surface area contributed by atoms with Crippen LogP contribution in [0, 0.1) is 0 Å². The maximum atomic E-state index is 11.6. The van der Waals surface area contributed by atoms with Crippen LogP contribution in [0.4, 0.5) is 0 Å². The Morgan fingerprint density at radius 1 is 1.18 bits per heavy atom. The molecule has 120 valence electrons. The summed E-state index contributed by atoms with van der Waals surface area (Å²) in [5.41, 5.74) is 6.19. The van der Waals surface area contributed by atoms with Crippen LogP contribution in [-0.4, -0.2) is 29.1 Å². The number of nitrogens with two attached hydrogens (primary N) is 1. The van der Waals surface area contributed by atoms with Crippen LogP contribution in [0.15, 0.2) is 18.2 Å². The highest BCUT2D eigenvalue weighted by molar-refractivity contribution is 5.88. The van der Waals surface area contributed by atoms with Crippen molar-refractivity contribution in [2.45, 2.75) is 39.2 Å². The molecule has 3 N–H and O–H groups in total. The average Bonchev–Trinajstić information content (AvgIpc) is 2.49. The molecule has 0 fully saturated rings. The molecule has 0 unspecified atom stereocenters. The van der Waals surface area contributed by atoms with E-state index in [1.807, 2.05) is 0 Å². The lowest BCUT2D eigenvalue weighted by Gasteiger charge is -2.11. The molecule has 7 heteroatoms. The van der Waals surface area contributed by atoms with Crippen LogP contribution in [0.5, 0.6) is 11.5 Å². The number of rotatable bonds is 6. The monoisotopic (exact) mass is 309 g/mol. The molecule has 22 heavy (non-hydrogen) atoms. The number of hydrogen-bond donors (Lipinski definition) is 2. The minimum absolute atomic E-state index is 0.0351. The number of hydrogen-bond acceptors (Lipinski definition) is 7. The highest BCUT2D eigenvalue weighted by Gasteiger charge is 2.19. The molecule has 0 aliphatic rings. The van der Waals surface area contributed by atoms with E-state index >= 15 is 0 Å². The van der Waals surface area contributed by atoms with Gasteiger partial charge in [-0.2, -0.15) is 0 Å². The first-order valence-corrected chi connectivity index (χ1v) is 6.90. The summed E-state index contributed by atoms with van der Waals surface area (Å²) in [4.78, 5) is 33.7. The highest BCUT2D eigenvalue weighted by Crippen LogP contribution is 2.27. The Balaban J connectivity index is 2.70. The van der Waals surface area contributed by atoms with Crippen molar-refractivity contribution in [3.63, 3.8) is 0 Å². The summed E-state index contributed by atoms with van der Waals surface area (Å²) in [6, 6.07) is 3.28. The molecule has 0 aliphatic carbocycles. The molecule has 0 saturated carbocycles. The Kier molecular flexibility index (Phi) is 6.52. The van der Waals surface area contributed by atoms with Gasteiger partial charge in [0.1, 0.15) is 6.04 Å². The number of aromatic hydroxyl groups is 1. The molecule has 7 nitrogen and oxygen atoms in total. The minimum Gasteiger partial charge on any atom is -0.504 e. The van der Waals surface area contributed by atoms with Crippen molar-refractivity contribution in [3.05, 3.63) is 23.8 Å². The number of carbonyl (C=O) groups is 3. The van der Waals surface area contributed by atoms with E-state index in [1.165, 1.54) is 12.1 Å². The molecular weight excluding hydrogens is 290 g/mol. The quantitative estimate of drug-likeness (QED) is 0.458. The van der Waals surface area contributed by atoms with Gasteiger partial charge in [0.15, 0.2) is 11.5 Å². The molecule has 0 heterocycles. The Hall–Kier alpha value is -2.41. The second kappa shape index (κ2) is 8.14. The zero-order valence-corrected chi connectivity index (χ0v) is 12.5. The third-order valence-corrected chi connectivity index (χ3v) is 2.80. The highest BCUT2D eigenvalue weighted by atomic mass is 16.6. The van der Waals surface area contributed by atoms with Gasteiger partial charge in [0.25, 0.3) is 0 Å². The molecule has 0 spiro atoms. The van der Waals surface area contributed by atoms with Crippen LogP contribution < -0.4 is 10.5 Å². The van der Waals surface area contributed by atoms with Gasteiger partial charge in [0, 0.05) is 12.8 Å². The van der Waals surface area contributed by atoms with Crippen molar-refractivity contribution in [2.24, 2.45) is 5.73 Å². The molecule has 0 aliphatic heterocycles. The van der Waals surface area contributed by atoms with E-state index in [0.717, 1.165) is 0 Å². The van der Waals surface area contributed by atoms with Crippen LogP contribution in [-0.2, 0) is 25.5 Å². The predicted molar refractivity (Wildman–Crippen MR) is 77.1 cm³/mol. The third-order valence-electron chi connectivity index (χ3n) is 2.80. The number of phenolic OH excluding ortho intramolecular Hbond substituents is 1. The first kappa shape index (κ1) is 17.6. The average molecular weight is 309 g/mol. The van der Waals surface area contributed by atoms with Gasteiger partial charge in [-0.3, -0.25) is 9.59 Å². The molecular formula is C15H19NO6. The van der Waals surface area contributed by atoms with Crippen LogP contribution >= 0.6 is 0 Å². The number of ether oxygens (including phenoxy) is 2. The van der Waals surface area contributed by atoms with Gasteiger partial charge in [0.05, 0.1) is 0 Å². The summed E-state index contributed by atoms with van der Waals surface area (Å²) >= 11 is 0. The second-order valence-corrected chi connectivity index (χ2v) is 4.59. The zero-order valence-electron chi connectivity index (χ0n) is 12.5. The summed E-state index contributed by atoms with van der Waals surface area (Å²) < 4.78 is 9.43. The lowest BCUT2D eigenvalue weighted by Crippen LogP contribution is -2.35. The van der Waals surface area contributed by atoms with Crippen LogP contribution in [0.25, 0.3) is 0 Å². The van der Waals surface area contributed by atoms with E-state index in [1.54, 1.807) is 19.9 Å². The van der Waals surface area contributed by atoms with Crippen molar-refractivity contribution in [1.82, 2.24) is 0 Å². The SMILES string of the molecule is CCC(=O)OC(=O)[C@@H](N)Cc1ccc(OC(=O)CC)c(O)c1. The van der Waals surface area contributed by atoms with Crippen LogP contribution in [0.1, 0.15) is 32.3 Å². The molecule has 0 radical (unpaired) electrons. The summed E-state index contributed by atoms with van der Waals surface area (Å²) in [6.45, 7) is 3.20. The maximum absolute atomic E-state index is 11.6. The first-order chi connectivity index (χ1) is 10.4. The lowest BCUT2D eigenvalue weighted by atomic mass is 10.1. The standard InChI is InChI=1S/C15H19NO6/c1-3-13(18)21-12-6-5-9(8-11(12)17)7-10(16)15(20)22-14(19)4-2/h5-6,8,10,17H,3-4,7,16H2,1-2H3/t10-/m0/s1. The van der Waals surface area contributed by atoms with Crippen molar-refractivity contribution in [3.8, 4) is 11.5 Å². The van der Waals surface area contributed by atoms with Gasteiger partial charge < -0.3 is 20.3 Å². The molecule has 0 saturated heterocycles. The third kappa shape index (κ3) is 5.17. The van der Waals surface area contributed by atoms with Gasteiger partial charge in [-0.25, -0.2) is 4.79 Å². The molecule has 0 bridgehead atoms. The van der Waals surface area contributed by atoms with Gasteiger partial charge in [-0.15, -0.1) is 0 Å². The van der Waals surface area contributed by atoms with E-state index in [4.69, 9.17) is 10.5 Å². The second-order valence-electron chi connectivity index (χ2n) is 4.59. The number of phenols is 1. The van der Waals surface area contributed by atoms with Crippen LogP contribution in [0.2, 0.25) is 0 Å². The van der Waals surface area contributed by atoms with Crippen LogP contribution in [0.3, 0.4) is 0 Å². The number of esters is 3. The van der Waals surface area contributed by atoms with Gasteiger partial charge >= 0.3 is 17.9 Å². The molecule has 1 aromatic carbocycles. The van der Waals surface area contributed by atoms with E-state index in [9.17, 15) is 19.5 Å². The lowest BCUT2D eigenvalue weighted by molar-refractivity contribution is -0.160. The Bertz CT molecular complexity index is 569. The number of benzene rings is 1. The molecule has 1 aromatic rings. The van der Waals surface area contributed by atoms with Gasteiger partial charge in [-0.05, 0) is 24.1 Å². The van der Waals surface area contributed by atoms with E-state index in [2.05, 4.69) is 4.74 Å². The molecule has 1 rings (SSSR count). The maximum Gasteiger partial charge on any atom is 0.330 e. The Labute approximate surface area is 128 Å². The fourth-order valence-corrected chi connectivity index (χ4v) is 1.57. The molecule has 0 aromatic heterocycles. The van der Waals surface area contributed by atoms with Crippen molar-refractivity contribution < 1.29 is 29.0 Å². The molecule has 1 atom stereocenters. The Morgan fingerprint density at radius 2 is 1.82 bits per heavy atom. The summed E-state index contributed by atoms with van der Waals surface area (Å²) in [5.74, 6) is -2.14. The summed E-state index contributed by atoms with van der Waals surface area (Å²) in [5, 5.41) is 9.78. The topological polar surface area (TPSA) is 116 Å². The summed E-state index contributed by atoms with van der Waals surface area (Å²) in [6.07, 6.45) is 0.339. The summed E-state index contributed by atoms with van der Waals surface area (Å²) in [7, 11) is 0. The number of carbonyl (C=O) groups excluding carboxylic acids is 3. The smallest absolute Gasteiger partial charge is 0.330 e. The predicted octanol–water partition coefficient (Wildman–Crippen LogP) is 1.06. The van der Waals surface area contributed by atoms with E-state index in [-0.39, 0.29) is 30.8 Å². The van der Waals surface area contributed by atoms with E-state index in [0.29, 0.717) is 5.56 Å². The van der Waals surface area contributed by atoms with Gasteiger partial charge in [-0.1, -0.05) is 19.9 Å². The van der Waals surface area contributed by atoms with Gasteiger partial charge in [0.2, 0.25) is 0 Å². The Morgan fingerprint density at radius 3 is 2.36 bits per heavy atom. The molecule has 0 amide bonds. The largest absolute Gasteiger partial charge is 0.504 e. The van der Waals surface area contributed by atoms with E-state index < -0.39 is 23.9 Å². The van der Waals surface area contributed by atoms with Crippen molar-refractivity contribution in [1.29, 1.82) is 0 Å². The minimum atomic E-state index is -1.03. The van der Waals surface area contributed by atoms with Crippen molar-refractivity contribution >= 4 is 17.9 Å². The first-order valence-electron chi connectivity index (χ1n) is 6.90. The van der Waals surface area contributed by atoms with Crippen molar-refractivity contribution in [2.75, 3.05) is 0 Å². The fourth-order valence-electron chi connectivity index (χ4n) is 1.57.